The molecule has 0 aromatic heterocycles. The van der Waals surface area contributed by atoms with Gasteiger partial charge in [-0.3, -0.25) is 9.59 Å². The van der Waals surface area contributed by atoms with Gasteiger partial charge in [0.15, 0.2) is 0 Å². The van der Waals surface area contributed by atoms with Crippen LogP contribution in [0.25, 0.3) is 0 Å². The molecule has 0 aromatic carbocycles. The van der Waals surface area contributed by atoms with Crippen LogP contribution in [0.15, 0.2) is 5.10 Å². The number of hydrogen-bond donors (Lipinski definition) is 4. The first-order valence-electron chi connectivity index (χ1n) is 5.96. The van der Waals surface area contributed by atoms with E-state index < -0.39 is 18.0 Å². The van der Waals surface area contributed by atoms with Gasteiger partial charge in [-0.2, -0.15) is 5.10 Å². The van der Waals surface area contributed by atoms with Gasteiger partial charge < -0.3 is 15.9 Å². The fourth-order valence-electron chi connectivity index (χ4n) is 1.40. The van der Waals surface area contributed by atoms with Crippen molar-refractivity contribution < 1.29 is 24.6 Å². The number of carboxylic acid groups (broad SMARTS) is 2. The number of hydrazone groups is 1. The highest BCUT2D eigenvalue weighted by molar-refractivity contribution is 5.88. The summed E-state index contributed by atoms with van der Waals surface area (Å²) in [6, 6.07) is -0.807. The highest BCUT2D eigenvalue weighted by Crippen LogP contribution is 2.07. The highest BCUT2D eigenvalue weighted by atomic mass is 16.4. The van der Waals surface area contributed by atoms with E-state index in [9.17, 15) is 14.4 Å². The summed E-state index contributed by atoms with van der Waals surface area (Å²) in [6.45, 7) is 0. The molecule has 108 valence electrons. The molecule has 0 spiro atoms. The van der Waals surface area contributed by atoms with Crippen molar-refractivity contribution in [2.75, 3.05) is 0 Å². The van der Waals surface area contributed by atoms with Crippen LogP contribution in [0.5, 0.6) is 0 Å². The summed E-state index contributed by atoms with van der Waals surface area (Å²) in [5.74, 6) is -1.78. The molecule has 0 heterocycles. The van der Waals surface area contributed by atoms with Crippen LogP contribution < -0.4 is 11.2 Å². The van der Waals surface area contributed by atoms with E-state index in [-0.39, 0.29) is 19.3 Å². The number of nitrogens with one attached hydrogen (secondary N) is 1. The van der Waals surface area contributed by atoms with Crippen LogP contribution in [-0.2, 0) is 9.59 Å². The number of carboxylic acids is 2. The maximum atomic E-state index is 10.5. The van der Waals surface area contributed by atoms with Gasteiger partial charge in [-0.1, -0.05) is 6.42 Å². The van der Waals surface area contributed by atoms with Gasteiger partial charge in [-0.25, -0.2) is 10.2 Å². The number of carbonyl (C=O) groups is 3. The lowest BCUT2D eigenvalue weighted by molar-refractivity contribution is -0.138. The Bertz CT molecular complexity index is 354. The second-order valence-corrected chi connectivity index (χ2v) is 4.00. The predicted molar refractivity (Wildman–Crippen MR) is 67.7 cm³/mol. The van der Waals surface area contributed by atoms with Crippen LogP contribution in [0.2, 0.25) is 0 Å². The number of carbonyl (C=O) groups excluding carboxylic acids is 1. The molecule has 0 fully saturated rings. The summed E-state index contributed by atoms with van der Waals surface area (Å²) in [4.78, 5) is 31.3. The molecule has 0 unspecified atom stereocenters. The topological polar surface area (TPSA) is 142 Å². The third kappa shape index (κ3) is 12.1. The first-order chi connectivity index (χ1) is 8.91. The molecule has 0 saturated heterocycles. The highest BCUT2D eigenvalue weighted by Gasteiger charge is 2.05. The lowest BCUT2D eigenvalue weighted by Gasteiger charge is -2.05. The molecule has 5 N–H and O–H groups in total. The maximum Gasteiger partial charge on any atom is 0.332 e. The number of aliphatic carboxylic acids is 2. The average molecular weight is 273 g/mol. The van der Waals surface area contributed by atoms with Crippen LogP contribution >= 0.6 is 0 Å². The molecule has 0 aromatic rings. The third-order valence-electron chi connectivity index (χ3n) is 2.31. The van der Waals surface area contributed by atoms with Crippen molar-refractivity contribution in [3.05, 3.63) is 0 Å². The average Bonchev–Trinajstić information content (AvgIpc) is 2.30. The van der Waals surface area contributed by atoms with Gasteiger partial charge in [0.1, 0.15) is 0 Å². The largest absolute Gasteiger partial charge is 0.481 e. The zero-order chi connectivity index (χ0) is 14.7. The van der Waals surface area contributed by atoms with E-state index in [0.717, 1.165) is 0 Å². The Kier molecular flexibility index (Phi) is 8.76. The van der Waals surface area contributed by atoms with Gasteiger partial charge in [0.25, 0.3) is 0 Å². The number of urea groups is 1. The molecule has 0 atom stereocenters. The first kappa shape index (κ1) is 16.9. The van der Waals surface area contributed by atoms with Gasteiger partial charge in [0, 0.05) is 12.1 Å². The number of primary amides is 1. The second kappa shape index (κ2) is 9.86. The summed E-state index contributed by atoms with van der Waals surface area (Å²) in [6.07, 6.45) is 2.73. The number of nitrogens with zero attached hydrogens (tertiary/aromatic N) is 1. The zero-order valence-corrected chi connectivity index (χ0v) is 10.6. The molecule has 0 radical (unpaired) electrons. The van der Waals surface area contributed by atoms with Crippen molar-refractivity contribution in [1.29, 1.82) is 0 Å². The summed E-state index contributed by atoms with van der Waals surface area (Å²) in [5.41, 5.74) is 7.47. The van der Waals surface area contributed by atoms with Crippen molar-refractivity contribution >= 4 is 23.7 Å². The molecule has 2 amide bonds. The second-order valence-electron chi connectivity index (χ2n) is 4.00. The van der Waals surface area contributed by atoms with E-state index in [2.05, 4.69) is 10.5 Å². The van der Waals surface area contributed by atoms with Gasteiger partial charge in [0.05, 0.1) is 6.42 Å². The lowest BCUT2D eigenvalue weighted by Crippen LogP contribution is -2.26. The molecule has 0 aliphatic heterocycles. The number of rotatable bonds is 10. The Morgan fingerprint density at radius 1 is 0.895 bits per heavy atom. The molecule has 0 aliphatic carbocycles. The lowest BCUT2D eigenvalue weighted by atomic mass is 10.1. The summed E-state index contributed by atoms with van der Waals surface area (Å²) in [7, 11) is 0. The summed E-state index contributed by atoms with van der Waals surface area (Å²) in [5, 5.41) is 20.8. The van der Waals surface area contributed by atoms with Crippen LogP contribution in [0, 0.1) is 0 Å². The van der Waals surface area contributed by atoms with Crippen molar-refractivity contribution in [2.45, 2.75) is 44.9 Å². The Morgan fingerprint density at radius 3 is 2.00 bits per heavy atom. The monoisotopic (exact) mass is 273 g/mol. The van der Waals surface area contributed by atoms with E-state index in [1.165, 1.54) is 0 Å². The molecule has 19 heavy (non-hydrogen) atoms. The predicted octanol–water partition coefficient (Wildman–Crippen LogP) is 0.911. The molecule has 8 heteroatoms. The van der Waals surface area contributed by atoms with Crippen LogP contribution in [0.4, 0.5) is 4.79 Å². The van der Waals surface area contributed by atoms with E-state index in [0.29, 0.717) is 31.4 Å². The van der Waals surface area contributed by atoms with Gasteiger partial charge in [-0.15, -0.1) is 0 Å². The molecule has 0 rings (SSSR count). The van der Waals surface area contributed by atoms with Crippen molar-refractivity contribution in [1.82, 2.24) is 5.43 Å². The van der Waals surface area contributed by atoms with Crippen molar-refractivity contribution in [2.24, 2.45) is 10.8 Å². The normalized spacial score (nSPS) is 11.1. The Morgan fingerprint density at radius 2 is 1.47 bits per heavy atom. The Labute approximate surface area is 110 Å². The maximum absolute atomic E-state index is 10.5. The molecule has 0 saturated carbocycles. The number of unbranched alkanes of at least 4 members (excludes halogenated alkanes) is 2. The minimum absolute atomic E-state index is 0.0750. The van der Waals surface area contributed by atoms with E-state index in [1.54, 1.807) is 0 Å². The van der Waals surface area contributed by atoms with E-state index in [4.69, 9.17) is 15.9 Å². The molecule has 0 bridgehead atoms. The van der Waals surface area contributed by atoms with E-state index >= 15 is 0 Å². The minimum atomic E-state index is -0.947. The van der Waals surface area contributed by atoms with Crippen LogP contribution in [0.1, 0.15) is 44.9 Å². The van der Waals surface area contributed by atoms with Crippen molar-refractivity contribution in [3.8, 4) is 0 Å². The number of nitrogens with two attached hydrogens (primary N) is 1. The van der Waals surface area contributed by atoms with Gasteiger partial charge in [-0.05, 0) is 25.7 Å². The number of amides is 2. The Hall–Kier alpha value is -2.12. The first-order valence-corrected chi connectivity index (χ1v) is 5.96. The van der Waals surface area contributed by atoms with E-state index in [1.807, 2.05) is 0 Å². The zero-order valence-electron chi connectivity index (χ0n) is 10.6. The van der Waals surface area contributed by atoms with Crippen LogP contribution in [0.3, 0.4) is 0 Å². The van der Waals surface area contributed by atoms with Crippen LogP contribution in [-0.4, -0.2) is 33.9 Å². The minimum Gasteiger partial charge on any atom is -0.481 e. The summed E-state index contributed by atoms with van der Waals surface area (Å²) < 4.78 is 0. The Balaban J connectivity index is 4.03. The van der Waals surface area contributed by atoms with Gasteiger partial charge in [0.2, 0.25) is 0 Å². The molecular formula is C11H19N3O5. The van der Waals surface area contributed by atoms with Gasteiger partial charge >= 0.3 is 18.0 Å². The smallest absolute Gasteiger partial charge is 0.332 e. The molecular weight excluding hydrogens is 254 g/mol. The summed E-state index contributed by atoms with van der Waals surface area (Å²) >= 11 is 0. The SMILES string of the molecule is NC(=O)N/N=C(/CCCCCC(=O)O)CCC(=O)O. The fraction of sp³-hybridized carbons (Fsp3) is 0.636. The number of hydrogen-bond acceptors (Lipinski definition) is 4. The quantitative estimate of drug-likeness (QED) is 0.266. The molecule has 8 nitrogen and oxygen atoms in total. The standard InChI is InChI=1S/C11H19N3O5/c12-11(19)14-13-8(6-7-10(17)18)4-2-1-3-5-9(15)16/h1-7H2,(H,15,16)(H,17,18)(H3,12,14,19)/b13-8-. The van der Waals surface area contributed by atoms with Crippen molar-refractivity contribution in [3.63, 3.8) is 0 Å². The molecule has 0 aliphatic rings. The third-order valence-corrected chi connectivity index (χ3v) is 2.31. The fourth-order valence-corrected chi connectivity index (χ4v) is 1.40.